The van der Waals surface area contributed by atoms with Crippen LogP contribution in [0.25, 0.3) is 10.9 Å². The maximum atomic E-state index is 5.69. The fourth-order valence-corrected chi connectivity index (χ4v) is 2.32. The van der Waals surface area contributed by atoms with Gasteiger partial charge in [0.25, 0.3) is 0 Å². The summed E-state index contributed by atoms with van der Waals surface area (Å²) in [6, 6.07) is 8.72. The van der Waals surface area contributed by atoms with Crippen LogP contribution in [0.1, 0.15) is 11.3 Å². The Morgan fingerprint density at radius 3 is 3.15 bits per heavy atom. The van der Waals surface area contributed by atoms with Gasteiger partial charge in [-0.05, 0) is 18.1 Å². The van der Waals surface area contributed by atoms with Crippen LogP contribution in [0.4, 0.5) is 0 Å². The van der Waals surface area contributed by atoms with Crippen LogP contribution < -0.4 is 5.73 Å². The normalized spacial score (nSPS) is 14.2. The van der Waals surface area contributed by atoms with Crippen LogP contribution in [0.5, 0.6) is 0 Å². The summed E-state index contributed by atoms with van der Waals surface area (Å²) in [5.74, 6) is 0. The second-order valence-electron chi connectivity index (χ2n) is 3.60. The third-order valence-corrected chi connectivity index (χ3v) is 2.90. The second kappa shape index (κ2) is 2.36. The van der Waals surface area contributed by atoms with E-state index in [2.05, 4.69) is 28.8 Å². The van der Waals surface area contributed by atoms with Crippen LogP contribution in [0, 0.1) is 0 Å². The summed E-state index contributed by atoms with van der Waals surface area (Å²) in [5, 5.41) is 1.34. The Kier molecular flexibility index (Phi) is 1.30. The van der Waals surface area contributed by atoms with Crippen LogP contribution >= 0.6 is 0 Å². The largest absolute Gasteiger partial charge is 0.343 e. The Labute approximate surface area is 77.0 Å². The molecule has 0 saturated heterocycles. The number of nitrogens with zero attached hydrogens (tertiary/aromatic N) is 1. The van der Waals surface area contributed by atoms with E-state index >= 15 is 0 Å². The number of aryl methyl sites for hydroxylation is 2. The first-order valence-corrected chi connectivity index (χ1v) is 4.70. The topological polar surface area (TPSA) is 30.9 Å². The van der Waals surface area contributed by atoms with Crippen molar-refractivity contribution in [2.75, 3.05) is 0 Å². The highest BCUT2D eigenvalue weighted by atomic mass is 15.0. The molecule has 2 nitrogen and oxygen atoms in total. The molecule has 0 fully saturated rings. The monoisotopic (exact) mass is 172 g/mol. The van der Waals surface area contributed by atoms with Crippen molar-refractivity contribution in [2.45, 2.75) is 19.5 Å². The van der Waals surface area contributed by atoms with Crippen LogP contribution in [0.2, 0.25) is 0 Å². The summed E-state index contributed by atoms with van der Waals surface area (Å²) < 4.78 is 2.35. The lowest BCUT2D eigenvalue weighted by molar-refractivity contribution is 0.723. The van der Waals surface area contributed by atoms with E-state index in [1.165, 1.54) is 28.6 Å². The number of hydrogen-bond donors (Lipinski definition) is 1. The van der Waals surface area contributed by atoms with E-state index in [0.717, 1.165) is 6.54 Å². The molecule has 13 heavy (non-hydrogen) atoms. The highest BCUT2D eigenvalue weighted by molar-refractivity contribution is 5.85. The van der Waals surface area contributed by atoms with Crippen molar-refractivity contribution in [2.24, 2.45) is 5.73 Å². The fraction of sp³-hybridized carbons (Fsp3) is 0.273. The van der Waals surface area contributed by atoms with Gasteiger partial charge in [0.1, 0.15) is 0 Å². The van der Waals surface area contributed by atoms with E-state index in [1.807, 2.05) is 0 Å². The third-order valence-electron chi connectivity index (χ3n) is 2.90. The van der Waals surface area contributed by atoms with Crippen LogP contribution in [0.15, 0.2) is 24.3 Å². The van der Waals surface area contributed by atoms with Gasteiger partial charge < -0.3 is 10.3 Å². The fourth-order valence-electron chi connectivity index (χ4n) is 2.32. The standard InChI is InChI=1S/C11H12N2/c12-7-10-6-9-3-1-2-8-4-5-13(10)11(8)9/h1-3,6H,4-5,7,12H2. The van der Waals surface area contributed by atoms with E-state index in [0.29, 0.717) is 6.54 Å². The van der Waals surface area contributed by atoms with E-state index in [4.69, 9.17) is 5.73 Å². The van der Waals surface area contributed by atoms with Crippen molar-refractivity contribution in [3.8, 4) is 0 Å². The van der Waals surface area contributed by atoms with Crippen molar-refractivity contribution in [1.29, 1.82) is 0 Å². The minimum atomic E-state index is 0.647. The highest BCUT2D eigenvalue weighted by Crippen LogP contribution is 2.28. The molecule has 0 amide bonds. The molecule has 2 heteroatoms. The lowest BCUT2D eigenvalue weighted by Gasteiger charge is -2.00. The Morgan fingerprint density at radius 1 is 1.38 bits per heavy atom. The zero-order valence-corrected chi connectivity index (χ0v) is 7.46. The van der Waals surface area contributed by atoms with E-state index in [9.17, 15) is 0 Å². The molecular weight excluding hydrogens is 160 g/mol. The van der Waals surface area contributed by atoms with E-state index in [-0.39, 0.29) is 0 Å². The molecule has 1 aromatic carbocycles. The summed E-state index contributed by atoms with van der Waals surface area (Å²) in [5.41, 5.74) is 9.83. The van der Waals surface area contributed by atoms with Crippen molar-refractivity contribution in [1.82, 2.24) is 4.57 Å². The molecule has 0 unspecified atom stereocenters. The molecule has 66 valence electrons. The van der Waals surface area contributed by atoms with E-state index in [1.54, 1.807) is 0 Å². The first-order valence-electron chi connectivity index (χ1n) is 4.70. The lowest BCUT2D eigenvalue weighted by atomic mass is 10.1. The summed E-state index contributed by atoms with van der Waals surface area (Å²) >= 11 is 0. The molecule has 0 bridgehead atoms. The van der Waals surface area contributed by atoms with Crippen molar-refractivity contribution < 1.29 is 0 Å². The average molecular weight is 172 g/mol. The smallest absolute Gasteiger partial charge is 0.0516 e. The number of hydrogen-bond acceptors (Lipinski definition) is 1. The molecule has 3 rings (SSSR count). The number of aromatic nitrogens is 1. The second-order valence-corrected chi connectivity index (χ2v) is 3.60. The van der Waals surface area contributed by atoms with Gasteiger partial charge in [0.05, 0.1) is 5.52 Å². The van der Waals surface area contributed by atoms with Gasteiger partial charge in [0.15, 0.2) is 0 Å². The molecule has 0 atom stereocenters. The van der Waals surface area contributed by atoms with Gasteiger partial charge in [-0.25, -0.2) is 0 Å². The molecule has 0 aliphatic carbocycles. The molecule has 0 radical (unpaired) electrons. The highest BCUT2D eigenvalue weighted by Gasteiger charge is 2.16. The zero-order chi connectivity index (χ0) is 8.84. The van der Waals surface area contributed by atoms with Gasteiger partial charge in [-0.1, -0.05) is 18.2 Å². The zero-order valence-electron chi connectivity index (χ0n) is 7.46. The molecule has 1 aromatic heterocycles. The molecule has 0 spiro atoms. The van der Waals surface area contributed by atoms with Gasteiger partial charge in [-0.2, -0.15) is 0 Å². The third kappa shape index (κ3) is 0.810. The SMILES string of the molecule is NCc1cc2cccc3c2n1CC3. The number of nitrogens with two attached hydrogens (primary N) is 1. The van der Waals surface area contributed by atoms with Gasteiger partial charge in [-0.3, -0.25) is 0 Å². The summed E-state index contributed by atoms with van der Waals surface area (Å²) in [4.78, 5) is 0. The Bertz CT molecular complexity index is 468. The Hall–Kier alpha value is -1.28. The molecule has 1 aliphatic rings. The lowest BCUT2D eigenvalue weighted by Crippen LogP contribution is -2.04. The minimum absolute atomic E-state index is 0.647. The molecule has 1 aliphatic heterocycles. The van der Waals surface area contributed by atoms with Crippen molar-refractivity contribution in [3.05, 3.63) is 35.5 Å². The molecular formula is C11H12N2. The predicted molar refractivity (Wildman–Crippen MR) is 53.5 cm³/mol. The minimum Gasteiger partial charge on any atom is -0.343 e. The van der Waals surface area contributed by atoms with Crippen molar-refractivity contribution >= 4 is 10.9 Å². The molecule has 2 heterocycles. The van der Waals surface area contributed by atoms with Gasteiger partial charge in [-0.15, -0.1) is 0 Å². The van der Waals surface area contributed by atoms with Gasteiger partial charge >= 0.3 is 0 Å². The van der Waals surface area contributed by atoms with Crippen LogP contribution in [-0.2, 0) is 19.5 Å². The Balaban J connectivity index is 2.46. The van der Waals surface area contributed by atoms with Crippen LogP contribution in [0.3, 0.4) is 0 Å². The molecule has 0 saturated carbocycles. The average Bonchev–Trinajstić information content (AvgIpc) is 2.73. The first-order chi connectivity index (χ1) is 6.40. The summed E-state index contributed by atoms with van der Waals surface area (Å²) in [6.07, 6.45) is 1.17. The number of para-hydroxylation sites is 1. The molecule has 2 N–H and O–H groups in total. The Morgan fingerprint density at radius 2 is 2.31 bits per heavy atom. The predicted octanol–water partition coefficient (Wildman–Crippen LogP) is 1.66. The molecule has 2 aromatic rings. The quantitative estimate of drug-likeness (QED) is 0.696. The van der Waals surface area contributed by atoms with E-state index < -0.39 is 0 Å². The number of benzene rings is 1. The van der Waals surface area contributed by atoms with Crippen LogP contribution in [-0.4, -0.2) is 4.57 Å². The first kappa shape index (κ1) is 7.15. The van der Waals surface area contributed by atoms with Gasteiger partial charge in [0.2, 0.25) is 0 Å². The summed E-state index contributed by atoms with van der Waals surface area (Å²) in [6.45, 7) is 1.75. The maximum Gasteiger partial charge on any atom is 0.0516 e. The van der Waals surface area contributed by atoms with Crippen molar-refractivity contribution in [3.63, 3.8) is 0 Å². The van der Waals surface area contributed by atoms with Gasteiger partial charge in [0, 0.05) is 24.2 Å². The summed E-state index contributed by atoms with van der Waals surface area (Å²) in [7, 11) is 0. The maximum absolute atomic E-state index is 5.69. The number of rotatable bonds is 1.